The van der Waals surface area contributed by atoms with Crippen LogP contribution < -0.4 is 10.5 Å². The summed E-state index contributed by atoms with van der Waals surface area (Å²) in [6.07, 6.45) is 2.62. The van der Waals surface area contributed by atoms with Crippen LogP contribution in [0.25, 0.3) is 0 Å². The molecule has 0 spiro atoms. The third-order valence-corrected chi connectivity index (χ3v) is 2.56. The van der Waals surface area contributed by atoms with Crippen LogP contribution in [0.2, 0.25) is 0 Å². The molecule has 0 heterocycles. The number of nitrogens with two attached hydrogens (primary N) is 1. The summed E-state index contributed by atoms with van der Waals surface area (Å²) in [6.45, 7) is 0.840. The maximum atomic E-state index is 5.58. The molecule has 14 heavy (non-hydrogen) atoms. The van der Waals surface area contributed by atoms with Gasteiger partial charge in [-0.05, 0) is 43.0 Å². The lowest BCUT2D eigenvalue weighted by molar-refractivity contribution is 0.300. The molecule has 1 aliphatic rings. The Morgan fingerprint density at radius 2 is 2.00 bits per heavy atom. The van der Waals surface area contributed by atoms with E-state index >= 15 is 0 Å². The van der Waals surface area contributed by atoms with E-state index in [4.69, 9.17) is 22.7 Å². The second kappa shape index (κ2) is 3.96. The molecule has 0 bridgehead atoms. The third kappa shape index (κ3) is 2.45. The van der Waals surface area contributed by atoms with Crippen LogP contribution in [-0.2, 0) is 0 Å². The van der Waals surface area contributed by atoms with Crippen LogP contribution in [0.4, 0.5) is 0 Å². The van der Waals surface area contributed by atoms with Gasteiger partial charge in [0, 0.05) is 5.56 Å². The molecule has 0 saturated heterocycles. The maximum absolute atomic E-state index is 5.58. The molecule has 0 unspecified atom stereocenters. The smallest absolute Gasteiger partial charge is 0.119 e. The van der Waals surface area contributed by atoms with Crippen molar-refractivity contribution in [2.75, 3.05) is 6.61 Å². The summed E-state index contributed by atoms with van der Waals surface area (Å²) in [4.78, 5) is 0.429. The van der Waals surface area contributed by atoms with Crippen LogP contribution in [0.1, 0.15) is 18.4 Å². The third-order valence-electron chi connectivity index (χ3n) is 2.32. The van der Waals surface area contributed by atoms with Crippen LogP contribution in [0.3, 0.4) is 0 Å². The molecule has 0 atom stereocenters. The van der Waals surface area contributed by atoms with E-state index in [9.17, 15) is 0 Å². The van der Waals surface area contributed by atoms with Crippen molar-refractivity contribution in [1.29, 1.82) is 0 Å². The standard InChI is InChI=1S/C11H13NOS/c12-11(14)9-3-5-10(6-4-9)13-7-8-1-2-8/h3-6,8H,1-2,7H2,(H2,12,14). The van der Waals surface area contributed by atoms with Crippen molar-refractivity contribution in [2.45, 2.75) is 12.8 Å². The first-order valence-corrected chi connectivity index (χ1v) is 5.19. The molecular formula is C11H13NOS. The molecule has 1 aromatic rings. The minimum absolute atomic E-state index is 0.429. The van der Waals surface area contributed by atoms with Crippen molar-refractivity contribution >= 4 is 17.2 Å². The first kappa shape index (κ1) is 9.46. The van der Waals surface area contributed by atoms with Gasteiger partial charge in [0.05, 0.1) is 6.61 Å². The van der Waals surface area contributed by atoms with Gasteiger partial charge in [-0.15, -0.1) is 0 Å². The molecule has 1 aromatic carbocycles. The SMILES string of the molecule is NC(=S)c1ccc(OCC2CC2)cc1. The molecule has 1 saturated carbocycles. The second-order valence-corrected chi connectivity index (χ2v) is 4.08. The van der Waals surface area contributed by atoms with E-state index in [0.29, 0.717) is 4.99 Å². The largest absolute Gasteiger partial charge is 0.493 e. The van der Waals surface area contributed by atoms with Gasteiger partial charge in [0.1, 0.15) is 10.7 Å². The lowest BCUT2D eigenvalue weighted by Gasteiger charge is -2.05. The molecule has 0 radical (unpaired) electrons. The summed E-state index contributed by atoms with van der Waals surface area (Å²) in [6, 6.07) is 7.61. The van der Waals surface area contributed by atoms with Gasteiger partial charge in [0.25, 0.3) is 0 Å². The number of hydrogen-bond donors (Lipinski definition) is 1. The van der Waals surface area contributed by atoms with Crippen molar-refractivity contribution in [3.63, 3.8) is 0 Å². The normalized spacial score (nSPS) is 15.1. The summed E-state index contributed by atoms with van der Waals surface area (Å²) >= 11 is 4.86. The van der Waals surface area contributed by atoms with E-state index in [2.05, 4.69) is 0 Å². The van der Waals surface area contributed by atoms with Crippen LogP contribution in [0.15, 0.2) is 24.3 Å². The summed E-state index contributed by atoms with van der Waals surface area (Å²) in [5, 5.41) is 0. The highest BCUT2D eigenvalue weighted by atomic mass is 32.1. The lowest BCUT2D eigenvalue weighted by Crippen LogP contribution is -2.09. The van der Waals surface area contributed by atoms with Gasteiger partial charge >= 0.3 is 0 Å². The Hall–Kier alpha value is -1.09. The van der Waals surface area contributed by atoms with E-state index in [0.717, 1.165) is 23.8 Å². The first-order valence-electron chi connectivity index (χ1n) is 4.78. The molecule has 74 valence electrons. The predicted molar refractivity (Wildman–Crippen MR) is 60.5 cm³/mol. The Bertz CT molecular complexity index is 330. The molecule has 2 rings (SSSR count). The van der Waals surface area contributed by atoms with Gasteiger partial charge < -0.3 is 10.5 Å². The quantitative estimate of drug-likeness (QED) is 0.768. The Labute approximate surface area is 89.1 Å². The van der Waals surface area contributed by atoms with Crippen molar-refractivity contribution in [3.8, 4) is 5.75 Å². The minimum Gasteiger partial charge on any atom is -0.493 e. The van der Waals surface area contributed by atoms with Crippen molar-refractivity contribution in [1.82, 2.24) is 0 Å². The summed E-state index contributed by atoms with van der Waals surface area (Å²) in [7, 11) is 0. The van der Waals surface area contributed by atoms with Crippen LogP contribution in [0, 0.1) is 5.92 Å². The fraction of sp³-hybridized carbons (Fsp3) is 0.364. The van der Waals surface area contributed by atoms with Crippen molar-refractivity contribution < 1.29 is 4.74 Å². The number of ether oxygens (including phenoxy) is 1. The summed E-state index contributed by atoms with van der Waals surface area (Å²) in [5.74, 6) is 1.68. The fourth-order valence-electron chi connectivity index (χ4n) is 1.21. The molecule has 0 aliphatic heterocycles. The highest BCUT2D eigenvalue weighted by Crippen LogP contribution is 2.29. The molecular weight excluding hydrogens is 194 g/mol. The van der Waals surface area contributed by atoms with Crippen molar-refractivity contribution in [3.05, 3.63) is 29.8 Å². The molecule has 0 amide bonds. The number of benzene rings is 1. The Kier molecular flexibility index (Phi) is 2.68. The van der Waals surface area contributed by atoms with Crippen LogP contribution in [0.5, 0.6) is 5.75 Å². The van der Waals surface area contributed by atoms with Gasteiger partial charge in [-0.25, -0.2) is 0 Å². The second-order valence-electron chi connectivity index (χ2n) is 3.64. The van der Waals surface area contributed by atoms with Crippen molar-refractivity contribution in [2.24, 2.45) is 11.7 Å². The summed E-state index contributed by atoms with van der Waals surface area (Å²) in [5.41, 5.74) is 6.37. The predicted octanol–water partition coefficient (Wildman–Crippen LogP) is 2.11. The Morgan fingerprint density at radius 1 is 1.36 bits per heavy atom. The van der Waals surface area contributed by atoms with E-state index in [1.54, 1.807) is 0 Å². The van der Waals surface area contributed by atoms with E-state index < -0.39 is 0 Å². The number of rotatable bonds is 4. The zero-order valence-electron chi connectivity index (χ0n) is 7.90. The first-order chi connectivity index (χ1) is 6.75. The molecule has 2 N–H and O–H groups in total. The Morgan fingerprint density at radius 3 is 2.50 bits per heavy atom. The van der Waals surface area contributed by atoms with Gasteiger partial charge in [-0.1, -0.05) is 12.2 Å². The average Bonchev–Trinajstić information content (AvgIpc) is 2.99. The minimum atomic E-state index is 0.429. The zero-order chi connectivity index (χ0) is 9.97. The highest BCUT2D eigenvalue weighted by Gasteiger charge is 2.21. The van der Waals surface area contributed by atoms with Gasteiger partial charge in [0.15, 0.2) is 0 Å². The van der Waals surface area contributed by atoms with Gasteiger partial charge in [-0.2, -0.15) is 0 Å². The monoisotopic (exact) mass is 207 g/mol. The van der Waals surface area contributed by atoms with E-state index in [-0.39, 0.29) is 0 Å². The molecule has 1 aliphatic carbocycles. The molecule has 3 heteroatoms. The van der Waals surface area contributed by atoms with E-state index in [1.807, 2.05) is 24.3 Å². The summed E-state index contributed by atoms with van der Waals surface area (Å²) < 4.78 is 5.58. The highest BCUT2D eigenvalue weighted by molar-refractivity contribution is 7.80. The van der Waals surface area contributed by atoms with Crippen LogP contribution >= 0.6 is 12.2 Å². The molecule has 0 aromatic heterocycles. The fourth-order valence-corrected chi connectivity index (χ4v) is 1.35. The average molecular weight is 207 g/mol. The zero-order valence-corrected chi connectivity index (χ0v) is 8.72. The molecule has 1 fully saturated rings. The number of hydrogen-bond acceptors (Lipinski definition) is 2. The van der Waals surface area contributed by atoms with Gasteiger partial charge in [-0.3, -0.25) is 0 Å². The molecule has 2 nitrogen and oxygen atoms in total. The maximum Gasteiger partial charge on any atom is 0.119 e. The van der Waals surface area contributed by atoms with Gasteiger partial charge in [0.2, 0.25) is 0 Å². The van der Waals surface area contributed by atoms with Crippen LogP contribution in [-0.4, -0.2) is 11.6 Å². The van der Waals surface area contributed by atoms with E-state index in [1.165, 1.54) is 12.8 Å². The lowest BCUT2D eigenvalue weighted by atomic mass is 10.2. The number of thiocarbonyl (C=S) groups is 1. The Balaban J connectivity index is 1.94. The topological polar surface area (TPSA) is 35.2 Å².